The van der Waals surface area contributed by atoms with Gasteiger partial charge in [0.15, 0.2) is 0 Å². The normalized spacial score (nSPS) is 12.8. The zero-order valence-corrected chi connectivity index (χ0v) is 26.9. The number of rotatable bonds is 11. The monoisotopic (exact) mass is 649 g/mol. The standard InChI is InChI=1S/C41H35N3O5/c1-48-32-22-20-30(21-23-32)41(28-12-4-2-5-13-28,29-14-6-3-7-15-29)44-25-31(42-27-44)24-38(39(45)46)43-40(47)49-26-37-35-18-10-8-16-33(35)34-17-9-11-19-36(34)37/h2-23,25,27,37-38H,24,26H2,1H3,(H,43,47)(H,45,46)/t38-/m0/s1. The van der Waals surface area contributed by atoms with Crippen molar-refractivity contribution < 1.29 is 24.2 Å². The Morgan fingerprint density at radius 3 is 1.86 bits per heavy atom. The summed E-state index contributed by atoms with van der Waals surface area (Å²) in [7, 11) is 1.63. The number of fused-ring (bicyclic) bond motifs is 3. The Bertz CT molecular complexity index is 1990. The molecule has 0 unspecified atom stereocenters. The van der Waals surface area contributed by atoms with Gasteiger partial charge in [0.05, 0.1) is 19.1 Å². The van der Waals surface area contributed by atoms with E-state index in [1.54, 1.807) is 13.4 Å². The number of hydrogen-bond acceptors (Lipinski definition) is 5. The molecule has 1 atom stereocenters. The highest BCUT2D eigenvalue weighted by Crippen LogP contribution is 2.45. The van der Waals surface area contributed by atoms with Crippen LogP contribution in [0.2, 0.25) is 0 Å². The molecule has 0 saturated carbocycles. The topological polar surface area (TPSA) is 103 Å². The van der Waals surface area contributed by atoms with Crippen molar-refractivity contribution in [2.24, 2.45) is 0 Å². The van der Waals surface area contributed by atoms with Crippen molar-refractivity contribution >= 4 is 12.1 Å². The molecule has 0 spiro atoms. The number of carbonyl (C=O) groups is 2. The second-order valence-corrected chi connectivity index (χ2v) is 12.0. The predicted molar refractivity (Wildman–Crippen MR) is 187 cm³/mol. The third-order valence-electron chi connectivity index (χ3n) is 9.26. The van der Waals surface area contributed by atoms with Crippen LogP contribution in [0.5, 0.6) is 5.75 Å². The lowest BCUT2D eigenvalue weighted by molar-refractivity contribution is -0.139. The van der Waals surface area contributed by atoms with Gasteiger partial charge in [-0.1, -0.05) is 121 Å². The first-order valence-corrected chi connectivity index (χ1v) is 16.1. The van der Waals surface area contributed by atoms with Gasteiger partial charge in [-0.25, -0.2) is 14.6 Å². The number of aromatic nitrogens is 2. The van der Waals surface area contributed by atoms with E-state index in [1.165, 1.54) is 0 Å². The Kier molecular flexibility index (Phi) is 8.68. The fraction of sp³-hybridized carbons (Fsp3) is 0.146. The number of hydrogen-bond donors (Lipinski definition) is 2. The quantitative estimate of drug-likeness (QED) is 0.143. The summed E-state index contributed by atoms with van der Waals surface area (Å²) in [5.74, 6) is -0.594. The maximum atomic E-state index is 13.1. The zero-order chi connectivity index (χ0) is 33.8. The molecule has 2 N–H and O–H groups in total. The van der Waals surface area contributed by atoms with Crippen molar-refractivity contribution in [3.05, 3.63) is 179 Å². The minimum Gasteiger partial charge on any atom is -0.497 e. The Balaban J connectivity index is 1.15. The van der Waals surface area contributed by atoms with Gasteiger partial charge in [-0.2, -0.15) is 0 Å². The van der Waals surface area contributed by atoms with Crippen molar-refractivity contribution in [1.29, 1.82) is 0 Å². The van der Waals surface area contributed by atoms with Crippen LogP contribution in [0.15, 0.2) is 146 Å². The molecule has 5 aromatic carbocycles. The fourth-order valence-corrected chi connectivity index (χ4v) is 6.98. The van der Waals surface area contributed by atoms with Gasteiger partial charge in [-0.15, -0.1) is 0 Å². The summed E-state index contributed by atoms with van der Waals surface area (Å²) < 4.78 is 13.1. The van der Waals surface area contributed by atoms with Gasteiger partial charge < -0.3 is 24.5 Å². The van der Waals surface area contributed by atoms with Crippen LogP contribution >= 0.6 is 0 Å². The van der Waals surface area contributed by atoms with Gasteiger partial charge in [0.25, 0.3) is 0 Å². The smallest absolute Gasteiger partial charge is 0.407 e. The number of alkyl carbamates (subject to hydrolysis) is 1. The van der Waals surface area contributed by atoms with E-state index >= 15 is 0 Å². The first-order chi connectivity index (χ1) is 24.0. The molecule has 0 aliphatic heterocycles. The summed E-state index contributed by atoms with van der Waals surface area (Å²) in [5, 5.41) is 12.7. The lowest BCUT2D eigenvalue weighted by Gasteiger charge is -2.37. The van der Waals surface area contributed by atoms with E-state index in [2.05, 4.69) is 46.7 Å². The third-order valence-corrected chi connectivity index (χ3v) is 9.26. The van der Waals surface area contributed by atoms with E-state index in [1.807, 2.05) is 108 Å². The average molecular weight is 650 g/mol. The molecule has 1 aliphatic rings. The van der Waals surface area contributed by atoms with E-state index in [4.69, 9.17) is 9.47 Å². The molecular formula is C41H35N3O5. The van der Waals surface area contributed by atoms with Crippen LogP contribution in [0.3, 0.4) is 0 Å². The van der Waals surface area contributed by atoms with Crippen LogP contribution in [0.4, 0.5) is 4.79 Å². The molecule has 8 nitrogen and oxygen atoms in total. The Morgan fingerprint density at radius 1 is 0.776 bits per heavy atom. The second-order valence-electron chi connectivity index (χ2n) is 12.0. The van der Waals surface area contributed by atoms with Crippen LogP contribution in [0, 0.1) is 0 Å². The first-order valence-electron chi connectivity index (χ1n) is 16.1. The van der Waals surface area contributed by atoms with Crippen molar-refractivity contribution in [2.45, 2.75) is 23.9 Å². The molecule has 0 bridgehead atoms. The first kappa shape index (κ1) is 31.4. The van der Waals surface area contributed by atoms with E-state index in [0.29, 0.717) is 5.69 Å². The van der Waals surface area contributed by atoms with Gasteiger partial charge in [0.2, 0.25) is 0 Å². The Morgan fingerprint density at radius 2 is 1.31 bits per heavy atom. The highest BCUT2D eigenvalue weighted by Gasteiger charge is 2.39. The maximum Gasteiger partial charge on any atom is 0.407 e. The van der Waals surface area contributed by atoms with Crippen LogP contribution in [-0.2, 0) is 21.5 Å². The molecule has 0 fully saturated rings. The van der Waals surface area contributed by atoms with E-state index < -0.39 is 23.6 Å². The van der Waals surface area contributed by atoms with Gasteiger partial charge in [-0.3, -0.25) is 0 Å². The summed E-state index contributed by atoms with van der Waals surface area (Å²) in [4.78, 5) is 30.2. The molecule has 49 heavy (non-hydrogen) atoms. The van der Waals surface area contributed by atoms with E-state index in [-0.39, 0.29) is 18.9 Å². The Hall–Kier alpha value is -6.15. The number of imidazole rings is 1. The molecule has 0 radical (unpaired) electrons. The maximum absolute atomic E-state index is 13.1. The molecular weight excluding hydrogens is 614 g/mol. The molecule has 6 aromatic rings. The van der Waals surface area contributed by atoms with Crippen LogP contribution in [-0.4, -0.2) is 46.5 Å². The van der Waals surface area contributed by atoms with Crippen LogP contribution in [0.25, 0.3) is 11.1 Å². The lowest BCUT2D eigenvalue weighted by Crippen LogP contribution is -2.43. The van der Waals surface area contributed by atoms with Gasteiger partial charge in [-0.05, 0) is 51.1 Å². The Labute approximate surface area is 284 Å². The fourth-order valence-electron chi connectivity index (χ4n) is 6.98. The summed E-state index contributed by atoms with van der Waals surface area (Å²) in [6.45, 7) is 0.0827. The van der Waals surface area contributed by atoms with Crippen molar-refractivity contribution in [2.75, 3.05) is 13.7 Å². The molecule has 1 amide bonds. The molecule has 1 aliphatic carbocycles. The van der Waals surface area contributed by atoms with Gasteiger partial charge >= 0.3 is 12.1 Å². The number of carboxylic acid groups (broad SMARTS) is 1. The number of carboxylic acids is 1. The lowest BCUT2D eigenvalue weighted by atomic mass is 9.76. The van der Waals surface area contributed by atoms with E-state index in [0.717, 1.165) is 44.7 Å². The van der Waals surface area contributed by atoms with Crippen LogP contribution < -0.4 is 10.1 Å². The zero-order valence-electron chi connectivity index (χ0n) is 26.9. The summed E-state index contributed by atoms with van der Waals surface area (Å²) in [6, 6.07) is 42.9. The highest BCUT2D eigenvalue weighted by molar-refractivity contribution is 5.81. The predicted octanol–water partition coefficient (Wildman–Crippen LogP) is 7.27. The molecule has 7 rings (SSSR count). The number of amides is 1. The summed E-state index contributed by atoms with van der Waals surface area (Å²) >= 11 is 0. The minimum atomic E-state index is -1.26. The minimum absolute atomic E-state index is 0.0468. The summed E-state index contributed by atoms with van der Waals surface area (Å²) in [6.07, 6.45) is 2.72. The number of nitrogens with zero attached hydrogens (tertiary/aromatic N) is 2. The SMILES string of the molecule is COc1ccc(C(c2ccccc2)(c2ccccc2)n2cnc(C[C@H](NC(=O)OCC3c4ccccc4-c4ccccc43)C(=O)O)c2)cc1. The highest BCUT2D eigenvalue weighted by atomic mass is 16.5. The number of methoxy groups -OCH3 is 1. The number of carbonyl (C=O) groups excluding carboxylic acids is 1. The van der Waals surface area contributed by atoms with E-state index in [9.17, 15) is 14.7 Å². The third kappa shape index (κ3) is 5.93. The average Bonchev–Trinajstić information content (AvgIpc) is 3.74. The number of nitrogens with one attached hydrogen (secondary N) is 1. The molecule has 244 valence electrons. The van der Waals surface area contributed by atoms with Gasteiger partial charge in [0.1, 0.15) is 23.9 Å². The largest absolute Gasteiger partial charge is 0.497 e. The molecule has 1 heterocycles. The van der Waals surface area contributed by atoms with Crippen LogP contribution in [0.1, 0.15) is 39.4 Å². The number of aliphatic carboxylic acids is 1. The number of ether oxygens (including phenoxy) is 2. The van der Waals surface area contributed by atoms with Gasteiger partial charge in [0, 0.05) is 18.5 Å². The summed E-state index contributed by atoms with van der Waals surface area (Å²) in [5.41, 5.74) is 6.97. The molecule has 8 heteroatoms. The molecule has 0 saturated heterocycles. The second kappa shape index (κ2) is 13.5. The van der Waals surface area contributed by atoms with Crippen molar-refractivity contribution in [3.8, 4) is 16.9 Å². The molecule has 1 aromatic heterocycles. The number of benzene rings is 5. The van der Waals surface area contributed by atoms with Crippen molar-refractivity contribution in [1.82, 2.24) is 14.9 Å². The van der Waals surface area contributed by atoms with Crippen molar-refractivity contribution in [3.63, 3.8) is 0 Å².